The Morgan fingerprint density at radius 2 is 2.00 bits per heavy atom. The fraction of sp³-hybridized carbons (Fsp3) is 0.476. The van der Waals surface area contributed by atoms with Gasteiger partial charge in [0.2, 0.25) is 11.8 Å². The fourth-order valence-electron chi connectivity index (χ4n) is 4.38. The van der Waals surface area contributed by atoms with Crippen LogP contribution in [0.3, 0.4) is 0 Å². The van der Waals surface area contributed by atoms with Crippen molar-refractivity contribution < 1.29 is 14.7 Å². The molecule has 1 spiro atoms. The molecule has 6 nitrogen and oxygen atoms in total. The minimum absolute atomic E-state index is 0.0527. The van der Waals surface area contributed by atoms with Crippen molar-refractivity contribution in [3.63, 3.8) is 0 Å². The van der Waals surface area contributed by atoms with Crippen molar-refractivity contribution in [2.45, 2.75) is 31.8 Å². The summed E-state index contributed by atoms with van der Waals surface area (Å²) in [7, 11) is 1.75. The minimum atomic E-state index is -0.510. The first-order valence-electron chi connectivity index (χ1n) is 9.68. The quantitative estimate of drug-likeness (QED) is 0.859. The van der Waals surface area contributed by atoms with Crippen LogP contribution >= 0.6 is 11.3 Å². The molecule has 7 heteroatoms. The third-order valence-electron chi connectivity index (χ3n) is 5.89. The topological polar surface area (TPSA) is 73.7 Å². The number of piperidine rings is 2. The lowest BCUT2D eigenvalue weighted by atomic mass is 9.71. The SMILES string of the molecule is CN1CC(O)CC2(CCN(C(=O)Cc3csc(-c4ccccc4)n3)CC2)C1=O. The number of amides is 2. The number of carbonyl (C=O) groups excluding carboxylic acids is 2. The van der Waals surface area contributed by atoms with Crippen LogP contribution in [-0.2, 0) is 16.0 Å². The molecule has 1 aromatic heterocycles. The molecule has 2 saturated heterocycles. The monoisotopic (exact) mass is 399 g/mol. The molecule has 4 rings (SSSR count). The average molecular weight is 400 g/mol. The predicted octanol–water partition coefficient (Wildman–Crippen LogP) is 2.18. The predicted molar refractivity (Wildman–Crippen MR) is 108 cm³/mol. The summed E-state index contributed by atoms with van der Waals surface area (Å²) < 4.78 is 0. The van der Waals surface area contributed by atoms with Gasteiger partial charge in [-0.2, -0.15) is 0 Å². The maximum Gasteiger partial charge on any atom is 0.228 e. The molecule has 3 heterocycles. The van der Waals surface area contributed by atoms with E-state index in [0.717, 1.165) is 16.3 Å². The summed E-state index contributed by atoms with van der Waals surface area (Å²) in [5.41, 5.74) is 1.34. The Kier molecular flexibility index (Phi) is 5.21. The summed E-state index contributed by atoms with van der Waals surface area (Å²) >= 11 is 1.55. The average Bonchev–Trinajstić information content (AvgIpc) is 3.16. The van der Waals surface area contributed by atoms with Crippen LogP contribution in [0, 0.1) is 5.41 Å². The third kappa shape index (κ3) is 3.69. The Morgan fingerprint density at radius 1 is 1.29 bits per heavy atom. The molecule has 1 aromatic carbocycles. The zero-order valence-corrected chi connectivity index (χ0v) is 16.8. The van der Waals surface area contributed by atoms with Crippen LogP contribution in [0.2, 0.25) is 0 Å². The van der Waals surface area contributed by atoms with Crippen molar-refractivity contribution in [3.05, 3.63) is 41.4 Å². The lowest BCUT2D eigenvalue weighted by Crippen LogP contribution is -2.57. The Morgan fingerprint density at radius 3 is 2.71 bits per heavy atom. The smallest absolute Gasteiger partial charge is 0.228 e. The second-order valence-corrected chi connectivity index (χ2v) is 8.75. The van der Waals surface area contributed by atoms with Crippen molar-refractivity contribution in [1.82, 2.24) is 14.8 Å². The third-order valence-corrected chi connectivity index (χ3v) is 6.83. The van der Waals surface area contributed by atoms with Gasteiger partial charge in [-0.3, -0.25) is 9.59 Å². The number of carbonyl (C=O) groups is 2. The number of thiazole rings is 1. The van der Waals surface area contributed by atoms with E-state index in [9.17, 15) is 14.7 Å². The van der Waals surface area contributed by atoms with Gasteiger partial charge in [0.1, 0.15) is 5.01 Å². The molecule has 0 aliphatic carbocycles. The Balaban J connectivity index is 1.37. The number of aromatic nitrogens is 1. The van der Waals surface area contributed by atoms with Gasteiger partial charge in [-0.05, 0) is 19.3 Å². The van der Waals surface area contributed by atoms with E-state index in [4.69, 9.17) is 0 Å². The van der Waals surface area contributed by atoms with Crippen LogP contribution in [0.25, 0.3) is 10.6 Å². The molecule has 2 aromatic rings. The van der Waals surface area contributed by atoms with Crippen molar-refractivity contribution in [2.75, 3.05) is 26.7 Å². The van der Waals surface area contributed by atoms with Crippen molar-refractivity contribution >= 4 is 23.2 Å². The zero-order valence-electron chi connectivity index (χ0n) is 16.0. The second-order valence-electron chi connectivity index (χ2n) is 7.89. The first-order valence-corrected chi connectivity index (χ1v) is 10.6. The molecular formula is C21H25N3O3S. The van der Waals surface area contributed by atoms with E-state index in [1.165, 1.54) is 0 Å². The Hall–Kier alpha value is -2.25. The van der Waals surface area contributed by atoms with Crippen LogP contribution in [-0.4, -0.2) is 64.5 Å². The fourth-order valence-corrected chi connectivity index (χ4v) is 5.20. The molecule has 0 radical (unpaired) electrons. The van der Waals surface area contributed by atoms with Gasteiger partial charge in [0.05, 0.1) is 23.6 Å². The van der Waals surface area contributed by atoms with Crippen molar-refractivity contribution in [2.24, 2.45) is 5.41 Å². The van der Waals surface area contributed by atoms with Gasteiger partial charge >= 0.3 is 0 Å². The molecule has 2 aliphatic rings. The van der Waals surface area contributed by atoms with Gasteiger partial charge in [0.25, 0.3) is 0 Å². The molecule has 2 aliphatic heterocycles. The van der Waals surface area contributed by atoms with E-state index in [-0.39, 0.29) is 18.2 Å². The Labute approximate surface area is 168 Å². The van der Waals surface area contributed by atoms with Gasteiger partial charge < -0.3 is 14.9 Å². The van der Waals surface area contributed by atoms with E-state index >= 15 is 0 Å². The highest BCUT2D eigenvalue weighted by atomic mass is 32.1. The van der Waals surface area contributed by atoms with Crippen LogP contribution in [0.1, 0.15) is 25.0 Å². The van der Waals surface area contributed by atoms with Gasteiger partial charge in [0, 0.05) is 37.6 Å². The number of aliphatic hydroxyl groups excluding tert-OH is 1. The van der Waals surface area contributed by atoms with E-state index in [0.29, 0.717) is 38.9 Å². The zero-order chi connectivity index (χ0) is 19.7. The van der Waals surface area contributed by atoms with Crippen LogP contribution in [0.15, 0.2) is 35.7 Å². The molecule has 0 bridgehead atoms. The highest BCUT2D eigenvalue weighted by molar-refractivity contribution is 7.13. The lowest BCUT2D eigenvalue weighted by molar-refractivity contribution is -0.156. The van der Waals surface area contributed by atoms with Crippen LogP contribution in [0.5, 0.6) is 0 Å². The highest BCUT2D eigenvalue weighted by Gasteiger charge is 2.47. The molecule has 2 fully saturated rings. The molecular weight excluding hydrogens is 374 g/mol. The maximum atomic E-state index is 12.7. The van der Waals surface area contributed by atoms with E-state index < -0.39 is 11.5 Å². The first-order chi connectivity index (χ1) is 13.5. The number of β-amino-alcohol motifs (C(OH)–C–C–N with tert-alkyl or cyclic N) is 1. The number of benzene rings is 1. The van der Waals surface area contributed by atoms with E-state index in [2.05, 4.69) is 4.98 Å². The maximum absolute atomic E-state index is 12.7. The number of hydrogen-bond donors (Lipinski definition) is 1. The molecule has 28 heavy (non-hydrogen) atoms. The molecule has 0 saturated carbocycles. The lowest BCUT2D eigenvalue weighted by Gasteiger charge is -2.46. The van der Waals surface area contributed by atoms with Gasteiger partial charge in [-0.15, -0.1) is 11.3 Å². The van der Waals surface area contributed by atoms with E-state index in [1.807, 2.05) is 40.6 Å². The summed E-state index contributed by atoms with van der Waals surface area (Å²) in [4.78, 5) is 33.5. The molecule has 1 unspecified atom stereocenters. The van der Waals surface area contributed by atoms with Gasteiger partial charge in [-0.1, -0.05) is 30.3 Å². The molecule has 2 amide bonds. The summed E-state index contributed by atoms with van der Waals surface area (Å²) in [5, 5.41) is 13.0. The number of rotatable bonds is 3. The molecule has 148 valence electrons. The largest absolute Gasteiger partial charge is 0.391 e. The molecule has 1 atom stereocenters. The summed E-state index contributed by atoms with van der Waals surface area (Å²) in [6.07, 6.45) is 1.55. The number of likely N-dealkylation sites (N-methyl/N-ethyl adjacent to an activating group) is 1. The number of aliphatic hydroxyl groups is 1. The summed E-state index contributed by atoms with van der Waals surface area (Å²) in [6.45, 7) is 1.51. The highest BCUT2D eigenvalue weighted by Crippen LogP contribution is 2.40. The van der Waals surface area contributed by atoms with Crippen molar-refractivity contribution in [1.29, 1.82) is 0 Å². The Bertz CT molecular complexity index is 859. The number of likely N-dealkylation sites (tertiary alicyclic amines) is 2. The van der Waals surface area contributed by atoms with Crippen LogP contribution in [0.4, 0.5) is 0 Å². The second kappa shape index (κ2) is 7.64. The number of hydrogen-bond acceptors (Lipinski definition) is 5. The number of nitrogens with zero attached hydrogens (tertiary/aromatic N) is 3. The minimum Gasteiger partial charge on any atom is -0.391 e. The summed E-state index contributed by atoms with van der Waals surface area (Å²) in [5.74, 6) is 0.161. The molecule has 1 N–H and O–H groups in total. The normalized spacial score (nSPS) is 21.9. The van der Waals surface area contributed by atoms with E-state index in [1.54, 1.807) is 23.3 Å². The van der Waals surface area contributed by atoms with Crippen molar-refractivity contribution in [3.8, 4) is 10.6 Å². The first kappa shape index (κ1) is 19.1. The standard InChI is InChI=1S/C21H25N3O3S/c1-23-13-17(25)12-21(20(23)27)7-9-24(10-8-21)18(26)11-16-14-28-19(22-16)15-5-3-2-4-6-15/h2-6,14,17,25H,7-13H2,1H3. The summed E-state index contributed by atoms with van der Waals surface area (Å²) in [6, 6.07) is 9.96. The van der Waals surface area contributed by atoms with Gasteiger partial charge in [0.15, 0.2) is 0 Å². The van der Waals surface area contributed by atoms with Gasteiger partial charge in [-0.25, -0.2) is 4.98 Å². The van der Waals surface area contributed by atoms with Crippen LogP contribution < -0.4 is 0 Å².